The molecule has 2 aliphatic rings. The standard InChI is InChI=1S/C15H21N3O/c16-14-3-1-2-12-9-18(10-13(12)14)15(19)8-11-4-6-17-7-5-11/h4-7,12-14H,1-3,8-10,16H2. The quantitative estimate of drug-likeness (QED) is 0.868. The topological polar surface area (TPSA) is 59.2 Å². The zero-order valence-corrected chi connectivity index (χ0v) is 11.2. The molecule has 4 heteroatoms. The molecule has 2 fully saturated rings. The number of rotatable bonds is 2. The Labute approximate surface area is 114 Å². The molecule has 0 spiro atoms. The van der Waals surface area contributed by atoms with E-state index in [0.29, 0.717) is 18.3 Å². The first-order chi connectivity index (χ1) is 9.24. The largest absolute Gasteiger partial charge is 0.342 e. The van der Waals surface area contributed by atoms with Crippen molar-refractivity contribution in [2.24, 2.45) is 17.6 Å². The van der Waals surface area contributed by atoms with Gasteiger partial charge >= 0.3 is 0 Å². The molecule has 1 aliphatic carbocycles. The van der Waals surface area contributed by atoms with Crippen molar-refractivity contribution in [2.75, 3.05) is 13.1 Å². The zero-order valence-electron chi connectivity index (χ0n) is 11.2. The second kappa shape index (κ2) is 5.29. The summed E-state index contributed by atoms with van der Waals surface area (Å²) in [6.45, 7) is 1.76. The summed E-state index contributed by atoms with van der Waals surface area (Å²) < 4.78 is 0. The van der Waals surface area contributed by atoms with E-state index in [0.717, 1.165) is 25.1 Å². The lowest BCUT2D eigenvalue weighted by Crippen LogP contribution is -2.38. The molecule has 1 saturated heterocycles. The van der Waals surface area contributed by atoms with Crippen LogP contribution in [0, 0.1) is 11.8 Å². The minimum absolute atomic E-state index is 0.229. The van der Waals surface area contributed by atoms with Gasteiger partial charge in [0.1, 0.15) is 0 Å². The van der Waals surface area contributed by atoms with E-state index in [9.17, 15) is 4.79 Å². The highest BCUT2D eigenvalue weighted by Gasteiger charge is 2.40. The van der Waals surface area contributed by atoms with Gasteiger partial charge in [0, 0.05) is 31.5 Å². The van der Waals surface area contributed by atoms with E-state index in [4.69, 9.17) is 5.73 Å². The third-order valence-electron chi connectivity index (χ3n) is 4.61. The summed E-state index contributed by atoms with van der Waals surface area (Å²) in [6, 6.07) is 4.11. The van der Waals surface area contributed by atoms with Crippen molar-refractivity contribution < 1.29 is 4.79 Å². The maximum absolute atomic E-state index is 12.3. The van der Waals surface area contributed by atoms with Crippen LogP contribution in [-0.4, -0.2) is 34.9 Å². The van der Waals surface area contributed by atoms with Crippen LogP contribution in [0.15, 0.2) is 24.5 Å². The highest BCUT2D eigenvalue weighted by atomic mass is 16.2. The number of amides is 1. The van der Waals surface area contributed by atoms with E-state index in [1.807, 2.05) is 17.0 Å². The van der Waals surface area contributed by atoms with Crippen LogP contribution in [-0.2, 0) is 11.2 Å². The van der Waals surface area contributed by atoms with E-state index < -0.39 is 0 Å². The van der Waals surface area contributed by atoms with E-state index in [-0.39, 0.29) is 11.9 Å². The molecule has 1 aromatic heterocycles. The van der Waals surface area contributed by atoms with Crippen LogP contribution in [0.3, 0.4) is 0 Å². The van der Waals surface area contributed by atoms with Gasteiger partial charge in [-0.2, -0.15) is 0 Å². The van der Waals surface area contributed by atoms with Crippen LogP contribution in [0.2, 0.25) is 0 Å². The second-order valence-electron chi connectivity index (χ2n) is 5.85. The Kier molecular flexibility index (Phi) is 3.51. The summed E-state index contributed by atoms with van der Waals surface area (Å²) in [5, 5.41) is 0. The molecule has 0 aromatic carbocycles. The lowest BCUT2D eigenvalue weighted by Gasteiger charge is -2.29. The number of nitrogens with two attached hydrogens (primary N) is 1. The van der Waals surface area contributed by atoms with Crippen molar-refractivity contribution >= 4 is 5.91 Å². The summed E-state index contributed by atoms with van der Waals surface area (Å²) in [5.41, 5.74) is 7.23. The molecular formula is C15H21N3O. The molecule has 4 nitrogen and oxygen atoms in total. The minimum atomic E-state index is 0.229. The van der Waals surface area contributed by atoms with Crippen LogP contribution in [0.5, 0.6) is 0 Å². The van der Waals surface area contributed by atoms with E-state index in [1.165, 1.54) is 12.8 Å². The van der Waals surface area contributed by atoms with E-state index in [2.05, 4.69) is 4.98 Å². The van der Waals surface area contributed by atoms with Gasteiger partial charge in [-0.25, -0.2) is 0 Å². The Morgan fingerprint density at radius 1 is 1.32 bits per heavy atom. The number of carbonyl (C=O) groups is 1. The highest BCUT2D eigenvalue weighted by Crippen LogP contribution is 2.35. The lowest BCUT2D eigenvalue weighted by atomic mass is 9.78. The summed E-state index contributed by atoms with van der Waals surface area (Å²) in [7, 11) is 0. The van der Waals surface area contributed by atoms with E-state index >= 15 is 0 Å². The number of pyridine rings is 1. The lowest BCUT2D eigenvalue weighted by molar-refractivity contribution is -0.129. The average Bonchev–Trinajstić information content (AvgIpc) is 2.85. The smallest absolute Gasteiger partial charge is 0.227 e. The fourth-order valence-electron chi connectivity index (χ4n) is 3.51. The van der Waals surface area contributed by atoms with Gasteiger partial charge in [0.05, 0.1) is 6.42 Å². The Balaban J connectivity index is 1.63. The third kappa shape index (κ3) is 2.63. The van der Waals surface area contributed by atoms with Gasteiger partial charge in [0.25, 0.3) is 0 Å². The van der Waals surface area contributed by atoms with Crippen LogP contribution < -0.4 is 5.73 Å². The van der Waals surface area contributed by atoms with Crippen LogP contribution in [0.4, 0.5) is 0 Å². The van der Waals surface area contributed by atoms with Crippen molar-refractivity contribution in [3.8, 4) is 0 Å². The van der Waals surface area contributed by atoms with Crippen molar-refractivity contribution in [1.29, 1.82) is 0 Å². The molecule has 19 heavy (non-hydrogen) atoms. The summed E-state index contributed by atoms with van der Waals surface area (Å²) in [4.78, 5) is 18.3. The Hall–Kier alpha value is -1.42. The molecule has 2 heterocycles. The predicted octanol–water partition coefficient (Wildman–Crippen LogP) is 1.21. The number of carbonyl (C=O) groups excluding carboxylic acids is 1. The number of aromatic nitrogens is 1. The number of nitrogens with zero attached hydrogens (tertiary/aromatic N) is 2. The summed E-state index contributed by atoms with van der Waals surface area (Å²) in [6.07, 6.45) is 7.53. The van der Waals surface area contributed by atoms with Crippen LogP contribution in [0.25, 0.3) is 0 Å². The number of likely N-dealkylation sites (tertiary alicyclic amines) is 1. The normalized spacial score (nSPS) is 30.2. The Bertz CT molecular complexity index is 448. The summed E-state index contributed by atoms with van der Waals surface area (Å²) >= 11 is 0. The molecule has 102 valence electrons. The third-order valence-corrected chi connectivity index (χ3v) is 4.61. The first-order valence-corrected chi connectivity index (χ1v) is 7.16. The average molecular weight is 259 g/mol. The van der Waals surface area contributed by atoms with Gasteiger partial charge in [-0.3, -0.25) is 9.78 Å². The Morgan fingerprint density at radius 2 is 2.11 bits per heavy atom. The number of hydrogen-bond donors (Lipinski definition) is 1. The number of fused-ring (bicyclic) bond motifs is 1. The zero-order chi connectivity index (χ0) is 13.2. The number of hydrogen-bond acceptors (Lipinski definition) is 3. The van der Waals surface area contributed by atoms with Crippen molar-refractivity contribution in [1.82, 2.24) is 9.88 Å². The molecular weight excluding hydrogens is 238 g/mol. The maximum atomic E-state index is 12.3. The van der Waals surface area contributed by atoms with Gasteiger partial charge in [-0.1, -0.05) is 6.42 Å². The first kappa shape index (κ1) is 12.6. The van der Waals surface area contributed by atoms with Gasteiger partial charge in [0.15, 0.2) is 0 Å². The molecule has 1 amide bonds. The van der Waals surface area contributed by atoms with Gasteiger partial charge in [0.2, 0.25) is 5.91 Å². The van der Waals surface area contributed by atoms with Crippen molar-refractivity contribution in [3.63, 3.8) is 0 Å². The molecule has 1 aromatic rings. The monoisotopic (exact) mass is 259 g/mol. The van der Waals surface area contributed by atoms with Gasteiger partial charge < -0.3 is 10.6 Å². The molecule has 0 bridgehead atoms. The SMILES string of the molecule is NC1CCCC2CN(C(=O)Cc3ccncc3)CC12. The second-order valence-corrected chi connectivity index (χ2v) is 5.85. The molecule has 3 unspecified atom stereocenters. The van der Waals surface area contributed by atoms with Crippen LogP contribution >= 0.6 is 0 Å². The molecule has 1 aliphatic heterocycles. The predicted molar refractivity (Wildman–Crippen MR) is 73.3 cm³/mol. The minimum Gasteiger partial charge on any atom is -0.342 e. The first-order valence-electron chi connectivity index (χ1n) is 7.16. The fourth-order valence-corrected chi connectivity index (χ4v) is 3.51. The molecule has 3 atom stereocenters. The fraction of sp³-hybridized carbons (Fsp3) is 0.600. The van der Waals surface area contributed by atoms with Crippen molar-refractivity contribution in [3.05, 3.63) is 30.1 Å². The molecule has 3 rings (SSSR count). The highest BCUT2D eigenvalue weighted by molar-refractivity contribution is 5.79. The van der Waals surface area contributed by atoms with Gasteiger partial charge in [-0.05, 0) is 42.4 Å². The Morgan fingerprint density at radius 3 is 2.84 bits per heavy atom. The molecule has 2 N–H and O–H groups in total. The molecule has 1 saturated carbocycles. The van der Waals surface area contributed by atoms with E-state index in [1.54, 1.807) is 12.4 Å². The molecule has 0 radical (unpaired) electrons. The maximum Gasteiger partial charge on any atom is 0.227 e. The summed E-state index contributed by atoms with van der Waals surface area (Å²) in [5.74, 6) is 1.38. The van der Waals surface area contributed by atoms with Crippen LogP contribution in [0.1, 0.15) is 24.8 Å². The van der Waals surface area contributed by atoms with Gasteiger partial charge in [-0.15, -0.1) is 0 Å². The van der Waals surface area contributed by atoms with Crippen molar-refractivity contribution in [2.45, 2.75) is 31.7 Å².